The first-order valence-corrected chi connectivity index (χ1v) is 7.84. The van der Waals surface area contributed by atoms with Gasteiger partial charge >= 0.3 is 0 Å². The zero-order chi connectivity index (χ0) is 16.1. The molecule has 2 aromatic rings. The Labute approximate surface area is 138 Å². The molecule has 0 aliphatic heterocycles. The van der Waals surface area contributed by atoms with E-state index in [1.807, 2.05) is 19.0 Å². The average molecular weight is 299 g/mol. The topological polar surface area (TPSA) is 3.24 Å². The van der Waals surface area contributed by atoms with E-state index in [9.17, 15) is 0 Å². The number of hydrogen-bond acceptors (Lipinski definition) is 1. The van der Waals surface area contributed by atoms with Crippen molar-refractivity contribution in [3.05, 3.63) is 108 Å². The van der Waals surface area contributed by atoms with Crippen molar-refractivity contribution in [3.8, 4) is 0 Å². The Morgan fingerprint density at radius 2 is 1.17 bits per heavy atom. The van der Waals surface area contributed by atoms with Crippen LogP contribution in [0.5, 0.6) is 0 Å². The van der Waals surface area contributed by atoms with Crippen molar-refractivity contribution in [3.63, 3.8) is 0 Å². The van der Waals surface area contributed by atoms with Crippen molar-refractivity contribution in [2.75, 3.05) is 14.1 Å². The zero-order valence-electron chi connectivity index (χ0n) is 13.6. The third-order valence-electron chi connectivity index (χ3n) is 3.81. The molecule has 0 bridgehead atoms. The highest BCUT2D eigenvalue weighted by Crippen LogP contribution is 2.39. The summed E-state index contributed by atoms with van der Waals surface area (Å²) in [6, 6.07) is 21.1. The maximum atomic E-state index is 2.22. The second-order valence-corrected chi connectivity index (χ2v) is 5.78. The number of rotatable bonds is 4. The van der Waals surface area contributed by atoms with Crippen LogP contribution in [0, 0.1) is 0 Å². The van der Waals surface area contributed by atoms with Gasteiger partial charge in [-0.15, -0.1) is 0 Å². The van der Waals surface area contributed by atoms with Gasteiger partial charge in [0, 0.05) is 14.1 Å². The van der Waals surface area contributed by atoms with Crippen molar-refractivity contribution in [1.29, 1.82) is 0 Å². The molecule has 0 spiro atoms. The maximum absolute atomic E-state index is 2.22. The molecule has 23 heavy (non-hydrogen) atoms. The van der Waals surface area contributed by atoms with Crippen LogP contribution in [0.4, 0.5) is 0 Å². The lowest BCUT2D eigenvalue weighted by molar-refractivity contribution is 0.564. The molecule has 114 valence electrons. The minimum atomic E-state index is 1.25. The van der Waals surface area contributed by atoms with Gasteiger partial charge in [0.1, 0.15) is 0 Å². The molecule has 0 atom stereocenters. The molecule has 1 heteroatoms. The van der Waals surface area contributed by atoms with Crippen LogP contribution in [0.25, 0.3) is 11.1 Å². The van der Waals surface area contributed by atoms with E-state index in [2.05, 4.69) is 91.2 Å². The summed E-state index contributed by atoms with van der Waals surface area (Å²) in [4.78, 5) is 2.05. The van der Waals surface area contributed by atoms with Crippen LogP contribution in [0.2, 0.25) is 0 Å². The lowest BCUT2D eigenvalue weighted by Crippen LogP contribution is -1.99. The van der Waals surface area contributed by atoms with E-state index < -0.39 is 0 Å². The Hall–Kier alpha value is -2.80. The predicted octanol–water partition coefficient (Wildman–Crippen LogP) is 5.17. The van der Waals surface area contributed by atoms with Gasteiger partial charge in [-0.3, -0.25) is 0 Å². The quantitative estimate of drug-likeness (QED) is 0.753. The molecule has 0 N–H and O–H groups in total. The number of allylic oxidation sites excluding steroid dienone is 7. The van der Waals surface area contributed by atoms with Crippen molar-refractivity contribution < 1.29 is 0 Å². The van der Waals surface area contributed by atoms with Crippen molar-refractivity contribution in [2.24, 2.45) is 0 Å². The summed E-state index contributed by atoms with van der Waals surface area (Å²) in [5, 5.41) is 0. The lowest BCUT2D eigenvalue weighted by Gasteiger charge is -2.11. The van der Waals surface area contributed by atoms with Crippen LogP contribution in [-0.4, -0.2) is 19.0 Å². The van der Waals surface area contributed by atoms with Gasteiger partial charge in [-0.2, -0.15) is 0 Å². The molecule has 0 fully saturated rings. The van der Waals surface area contributed by atoms with Crippen LogP contribution in [0.3, 0.4) is 0 Å². The van der Waals surface area contributed by atoms with Crippen molar-refractivity contribution in [2.45, 2.75) is 0 Å². The monoisotopic (exact) mass is 299 g/mol. The van der Waals surface area contributed by atoms with Crippen LogP contribution in [-0.2, 0) is 0 Å². The molecular weight excluding hydrogens is 278 g/mol. The summed E-state index contributed by atoms with van der Waals surface area (Å²) >= 11 is 0. The summed E-state index contributed by atoms with van der Waals surface area (Å²) in [5.41, 5.74) is 6.31. The molecule has 0 aromatic heterocycles. The second-order valence-electron chi connectivity index (χ2n) is 5.78. The standard InChI is InChI=1S/C22H21N/c1-23(2)17-9-14-22-20(18-10-5-3-6-11-18)15-16-21(22)19-12-7-4-8-13-19/h3-17H,1-2H3/b17-9+. The Morgan fingerprint density at radius 3 is 1.61 bits per heavy atom. The molecule has 0 radical (unpaired) electrons. The Balaban J connectivity index is 2.00. The normalized spacial score (nSPS) is 13.9. The molecule has 0 saturated carbocycles. The minimum absolute atomic E-state index is 1.25. The van der Waals surface area contributed by atoms with E-state index in [4.69, 9.17) is 0 Å². The van der Waals surface area contributed by atoms with Crippen LogP contribution in [0.15, 0.2) is 96.7 Å². The van der Waals surface area contributed by atoms with E-state index in [1.165, 1.54) is 27.8 Å². The molecule has 1 aliphatic carbocycles. The minimum Gasteiger partial charge on any atom is -0.383 e. The summed E-state index contributed by atoms with van der Waals surface area (Å²) in [6.45, 7) is 0. The highest BCUT2D eigenvalue weighted by atomic mass is 15.0. The van der Waals surface area contributed by atoms with Gasteiger partial charge in [0.2, 0.25) is 0 Å². The molecule has 0 saturated heterocycles. The van der Waals surface area contributed by atoms with Crippen molar-refractivity contribution in [1.82, 2.24) is 4.90 Å². The predicted molar refractivity (Wildman–Crippen MR) is 99.7 cm³/mol. The van der Waals surface area contributed by atoms with Gasteiger partial charge in [-0.1, -0.05) is 78.9 Å². The molecule has 3 rings (SSSR count). The Bertz CT molecular complexity index is 718. The van der Waals surface area contributed by atoms with Gasteiger partial charge in [-0.25, -0.2) is 0 Å². The maximum Gasteiger partial charge on any atom is 0.00556 e. The molecule has 0 heterocycles. The summed E-state index contributed by atoms with van der Waals surface area (Å²) in [6.07, 6.45) is 10.8. The van der Waals surface area contributed by atoms with E-state index >= 15 is 0 Å². The van der Waals surface area contributed by atoms with E-state index in [0.717, 1.165) is 0 Å². The summed E-state index contributed by atoms with van der Waals surface area (Å²) in [5.74, 6) is 0. The first-order chi connectivity index (χ1) is 11.3. The van der Waals surface area contributed by atoms with Crippen LogP contribution in [0.1, 0.15) is 11.1 Å². The van der Waals surface area contributed by atoms with Crippen molar-refractivity contribution >= 4 is 11.1 Å². The fraction of sp³-hybridized carbons (Fsp3) is 0.0909. The first-order valence-electron chi connectivity index (χ1n) is 7.84. The Morgan fingerprint density at radius 1 is 0.696 bits per heavy atom. The number of nitrogens with zero attached hydrogens (tertiary/aromatic N) is 1. The highest BCUT2D eigenvalue weighted by Gasteiger charge is 2.17. The van der Waals surface area contributed by atoms with Gasteiger partial charge in [0.15, 0.2) is 0 Å². The highest BCUT2D eigenvalue weighted by molar-refractivity contribution is 6.03. The zero-order valence-corrected chi connectivity index (χ0v) is 13.6. The summed E-state index contributed by atoms with van der Waals surface area (Å²) in [7, 11) is 4.07. The molecule has 1 nitrogen and oxygen atoms in total. The van der Waals surface area contributed by atoms with E-state index in [-0.39, 0.29) is 0 Å². The first kappa shape index (κ1) is 15.1. The average Bonchev–Trinajstić information content (AvgIpc) is 3.00. The molecule has 2 aromatic carbocycles. The molecule has 0 unspecified atom stereocenters. The van der Waals surface area contributed by atoms with Gasteiger partial charge in [-0.05, 0) is 40.1 Å². The third kappa shape index (κ3) is 3.51. The van der Waals surface area contributed by atoms with Gasteiger partial charge in [0.25, 0.3) is 0 Å². The summed E-state index contributed by atoms with van der Waals surface area (Å²) < 4.78 is 0. The largest absolute Gasteiger partial charge is 0.383 e. The SMILES string of the molecule is CN(C)/C=C/C=C1C(c2ccccc2)=CC=C1c1ccccc1. The van der Waals surface area contributed by atoms with E-state index in [0.29, 0.717) is 0 Å². The van der Waals surface area contributed by atoms with Gasteiger partial charge in [0.05, 0.1) is 0 Å². The molecule has 1 aliphatic rings. The number of benzene rings is 2. The van der Waals surface area contributed by atoms with Crippen LogP contribution >= 0.6 is 0 Å². The molecular formula is C22H21N. The smallest absolute Gasteiger partial charge is 0.00556 e. The fourth-order valence-corrected chi connectivity index (χ4v) is 2.72. The Kier molecular flexibility index (Phi) is 4.58. The second kappa shape index (κ2) is 6.97. The lowest BCUT2D eigenvalue weighted by atomic mass is 9.93. The van der Waals surface area contributed by atoms with Crippen LogP contribution < -0.4 is 0 Å². The van der Waals surface area contributed by atoms with Gasteiger partial charge < -0.3 is 4.90 Å². The van der Waals surface area contributed by atoms with E-state index in [1.54, 1.807) is 0 Å². The third-order valence-corrected chi connectivity index (χ3v) is 3.81. The number of hydrogen-bond donors (Lipinski definition) is 0. The molecule has 0 amide bonds. The fourth-order valence-electron chi connectivity index (χ4n) is 2.72.